The van der Waals surface area contributed by atoms with E-state index >= 15 is 0 Å². The van der Waals surface area contributed by atoms with Crippen molar-refractivity contribution in [2.75, 3.05) is 6.54 Å². The van der Waals surface area contributed by atoms with Gasteiger partial charge in [-0.15, -0.1) is 0 Å². The second-order valence-electron chi connectivity index (χ2n) is 6.08. The van der Waals surface area contributed by atoms with Gasteiger partial charge in [0.2, 0.25) is 0 Å². The van der Waals surface area contributed by atoms with Crippen LogP contribution < -0.4 is 5.32 Å². The molecule has 0 radical (unpaired) electrons. The van der Waals surface area contributed by atoms with Gasteiger partial charge in [0, 0.05) is 17.0 Å². The number of hydrogen-bond acceptors (Lipinski definition) is 2. The molecule has 108 valence electrons. The van der Waals surface area contributed by atoms with Crippen LogP contribution in [-0.2, 0) is 0 Å². The lowest BCUT2D eigenvalue weighted by molar-refractivity contribution is 0.286. The molecule has 21 heavy (non-hydrogen) atoms. The van der Waals surface area contributed by atoms with Crippen LogP contribution in [0.1, 0.15) is 41.5 Å². The predicted molar refractivity (Wildman–Crippen MR) is 84.9 cm³/mol. The maximum atomic E-state index is 9.83. The Hall–Kier alpha value is -1.51. The van der Waals surface area contributed by atoms with Crippen LogP contribution in [0.25, 0.3) is 0 Å². The van der Waals surface area contributed by atoms with Crippen molar-refractivity contribution in [3.8, 4) is 5.75 Å². The lowest BCUT2D eigenvalue weighted by atomic mass is 9.80. The molecule has 0 spiro atoms. The Bertz CT molecular complexity index is 667. The highest BCUT2D eigenvalue weighted by molar-refractivity contribution is 6.30. The first kappa shape index (κ1) is 13.2. The number of phenols is 1. The molecule has 3 heteroatoms. The molecule has 2 N–H and O–H groups in total. The Morgan fingerprint density at radius 3 is 2.67 bits per heavy atom. The normalized spacial score (nSPS) is 27.2. The van der Waals surface area contributed by atoms with E-state index in [1.54, 1.807) is 6.07 Å². The van der Waals surface area contributed by atoms with Crippen molar-refractivity contribution in [1.82, 2.24) is 5.32 Å². The maximum Gasteiger partial charge on any atom is 0.115 e. The zero-order valence-electron chi connectivity index (χ0n) is 11.7. The van der Waals surface area contributed by atoms with Gasteiger partial charge in [0.05, 0.1) is 0 Å². The Morgan fingerprint density at radius 2 is 1.86 bits per heavy atom. The minimum Gasteiger partial charge on any atom is -0.508 e. The molecular formula is C18H18ClNO. The quantitative estimate of drug-likeness (QED) is 0.826. The van der Waals surface area contributed by atoms with E-state index in [2.05, 4.69) is 23.5 Å². The number of rotatable bonds is 1. The summed E-state index contributed by atoms with van der Waals surface area (Å²) >= 11 is 6.03. The van der Waals surface area contributed by atoms with Crippen molar-refractivity contribution in [3.63, 3.8) is 0 Å². The monoisotopic (exact) mass is 299 g/mol. The second kappa shape index (κ2) is 5.04. The van der Waals surface area contributed by atoms with Crippen LogP contribution in [0.3, 0.4) is 0 Å². The minimum atomic E-state index is 0.358. The minimum absolute atomic E-state index is 0.358. The molecule has 0 bridgehead atoms. The van der Waals surface area contributed by atoms with E-state index in [1.165, 1.54) is 29.5 Å². The molecule has 2 aromatic rings. The molecule has 1 heterocycles. The fourth-order valence-electron chi connectivity index (χ4n) is 4.06. The van der Waals surface area contributed by atoms with Gasteiger partial charge in [0.25, 0.3) is 0 Å². The molecule has 1 aliphatic carbocycles. The molecule has 1 saturated heterocycles. The molecule has 2 nitrogen and oxygen atoms in total. The summed E-state index contributed by atoms with van der Waals surface area (Å²) in [4.78, 5) is 0. The molecule has 3 unspecified atom stereocenters. The fraction of sp³-hybridized carbons (Fsp3) is 0.333. The third-order valence-electron chi connectivity index (χ3n) is 4.90. The largest absolute Gasteiger partial charge is 0.508 e. The zero-order valence-corrected chi connectivity index (χ0v) is 12.5. The molecule has 2 aliphatic rings. The highest BCUT2D eigenvalue weighted by Crippen LogP contribution is 2.52. The number of aromatic hydroxyl groups is 1. The number of halogens is 1. The summed E-state index contributed by atoms with van der Waals surface area (Å²) < 4.78 is 0. The van der Waals surface area contributed by atoms with Gasteiger partial charge < -0.3 is 10.4 Å². The number of hydrogen-bond donors (Lipinski definition) is 2. The van der Waals surface area contributed by atoms with Crippen molar-refractivity contribution < 1.29 is 5.11 Å². The lowest BCUT2D eigenvalue weighted by Crippen LogP contribution is -2.32. The molecule has 0 amide bonds. The van der Waals surface area contributed by atoms with Gasteiger partial charge in [-0.3, -0.25) is 0 Å². The van der Waals surface area contributed by atoms with Gasteiger partial charge in [-0.2, -0.15) is 0 Å². The highest BCUT2D eigenvalue weighted by atomic mass is 35.5. The second-order valence-corrected chi connectivity index (χ2v) is 6.52. The summed E-state index contributed by atoms with van der Waals surface area (Å²) in [6, 6.07) is 14.4. The summed E-state index contributed by atoms with van der Waals surface area (Å²) in [6.45, 7) is 1.06. The van der Waals surface area contributed by atoms with E-state index in [0.29, 0.717) is 23.6 Å². The summed E-state index contributed by atoms with van der Waals surface area (Å²) in [5, 5.41) is 14.3. The number of phenolic OH excluding ortho intramolecular Hbond substituents is 1. The average Bonchev–Trinajstić information content (AvgIpc) is 2.82. The van der Waals surface area contributed by atoms with E-state index < -0.39 is 0 Å². The Morgan fingerprint density at radius 1 is 1.05 bits per heavy atom. The van der Waals surface area contributed by atoms with Gasteiger partial charge in [0.1, 0.15) is 5.75 Å². The molecular weight excluding hydrogens is 282 g/mol. The number of fused-ring (bicyclic) bond motifs is 3. The van der Waals surface area contributed by atoms with Crippen molar-refractivity contribution in [1.29, 1.82) is 0 Å². The van der Waals surface area contributed by atoms with Gasteiger partial charge in [-0.25, -0.2) is 0 Å². The summed E-state index contributed by atoms with van der Waals surface area (Å²) in [5.74, 6) is 1.32. The van der Waals surface area contributed by atoms with E-state index in [0.717, 1.165) is 11.6 Å². The number of benzene rings is 2. The van der Waals surface area contributed by atoms with Crippen molar-refractivity contribution >= 4 is 11.6 Å². The number of piperidine rings is 1. The molecule has 2 aromatic carbocycles. The van der Waals surface area contributed by atoms with Gasteiger partial charge in [0.15, 0.2) is 0 Å². The average molecular weight is 300 g/mol. The third-order valence-corrected chi connectivity index (χ3v) is 5.16. The summed E-state index contributed by atoms with van der Waals surface area (Å²) in [7, 11) is 0. The van der Waals surface area contributed by atoms with Crippen LogP contribution in [0, 0.1) is 5.92 Å². The first-order chi connectivity index (χ1) is 10.2. The van der Waals surface area contributed by atoms with Gasteiger partial charge in [-0.1, -0.05) is 29.8 Å². The molecule has 0 aromatic heterocycles. The zero-order chi connectivity index (χ0) is 14.4. The standard InChI is InChI=1S/C18H18ClNO/c19-12-5-3-11(4-6-12)17-14-8-7-13(21)10-16(14)18-15(17)2-1-9-20-18/h3-8,10,15,17-18,20-21H,1-2,9H2. The fourth-order valence-corrected chi connectivity index (χ4v) is 4.18. The molecule has 1 aliphatic heterocycles. The molecule has 3 atom stereocenters. The van der Waals surface area contributed by atoms with E-state index in [1.807, 2.05) is 18.2 Å². The first-order valence-electron chi connectivity index (χ1n) is 7.56. The first-order valence-corrected chi connectivity index (χ1v) is 7.93. The van der Waals surface area contributed by atoms with Crippen LogP contribution in [0.5, 0.6) is 5.75 Å². The van der Waals surface area contributed by atoms with E-state index in [-0.39, 0.29) is 0 Å². The highest BCUT2D eigenvalue weighted by Gasteiger charge is 2.42. The number of nitrogens with one attached hydrogen (secondary N) is 1. The predicted octanol–water partition coefficient (Wildman–Crippen LogP) is 4.23. The topological polar surface area (TPSA) is 32.3 Å². The maximum absolute atomic E-state index is 9.83. The Labute approximate surface area is 129 Å². The van der Waals surface area contributed by atoms with Crippen molar-refractivity contribution in [2.45, 2.75) is 24.8 Å². The summed E-state index contributed by atoms with van der Waals surface area (Å²) in [6.07, 6.45) is 2.44. The van der Waals surface area contributed by atoms with Crippen LogP contribution >= 0.6 is 11.6 Å². The lowest BCUT2D eigenvalue weighted by Gasteiger charge is -2.31. The van der Waals surface area contributed by atoms with Gasteiger partial charge in [-0.05, 0) is 66.3 Å². The summed E-state index contributed by atoms with van der Waals surface area (Å²) in [5.41, 5.74) is 3.93. The Kier molecular flexibility index (Phi) is 3.16. The molecule has 0 saturated carbocycles. The van der Waals surface area contributed by atoms with Crippen molar-refractivity contribution in [2.24, 2.45) is 5.92 Å². The van der Waals surface area contributed by atoms with Crippen LogP contribution in [-0.4, -0.2) is 11.7 Å². The smallest absolute Gasteiger partial charge is 0.115 e. The van der Waals surface area contributed by atoms with Crippen LogP contribution in [0.15, 0.2) is 42.5 Å². The molecule has 4 rings (SSSR count). The molecule has 1 fully saturated rings. The third kappa shape index (κ3) is 2.14. The van der Waals surface area contributed by atoms with Crippen LogP contribution in [0.2, 0.25) is 5.02 Å². The Balaban J connectivity index is 1.84. The van der Waals surface area contributed by atoms with E-state index in [4.69, 9.17) is 11.6 Å². The van der Waals surface area contributed by atoms with Gasteiger partial charge >= 0.3 is 0 Å². The SMILES string of the molecule is Oc1ccc2c(c1)C1NCCCC1C2c1ccc(Cl)cc1. The van der Waals surface area contributed by atoms with E-state index in [9.17, 15) is 5.11 Å². The van der Waals surface area contributed by atoms with Crippen LogP contribution in [0.4, 0.5) is 0 Å². The van der Waals surface area contributed by atoms with Crippen molar-refractivity contribution in [3.05, 3.63) is 64.2 Å².